The zero-order valence-electron chi connectivity index (χ0n) is 8.58. The van der Waals surface area contributed by atoms with E-state index in [2.05, 4.69) is 5.32 Å². The SMILES string of the molecule is CCC(C)[C@H](N)C(=O)NC[C@@H](C)O. The first-order valence-electron chi connectivity index (χ1n) is 4.70. The molecule has 4 nitrogen and oxygen atoms in total. The number of carbonyl (C=O) groups excluding carboxylic acids is 1. The van der Waals surface area contributed by atoms with Crippen LogP contribution >= 0.6 is 0 Å². The normalized spacial score (nSPS) is 17.6. The molecule has 1 unspecified atom stereocenters. The summed E-state index contributed by atoms with van der Waals surface area (Å²) in [5.74, 6) is -0.00995. The number of rotatable bonds is 5. The predicted octanol–water partition coefficient (Wildman–Crippen LogP) is -0.143. The molecule has 0 aromatic carbocycles. The van der Waals surface area contributed by atoms with E-state index < -0.39 is 12.1 Å². The van der Waals surface area contributed by atoms with Crippen molar-refractivity contribution in [2.24, 2.45) is 11.7 Å². The molecule has 13 heavy (non-hydrogen) atoms. The average Bonchev–Trinajstić information content (AvgIpc) is 2.11. The first kappa shape index (κ1) is 12.4. The molecule has 0 aromatic heterocycles. The second kappa shape index (κ2) is 5.94. The number of hydrogen-bond acceptors (Lipinski definition) is 3. The fourth-order valence-electron chi connectivity index (χ4n) is 0.878. The minimum absolute atomic E-state index is 0.175. The van der Waals surface area contributed by atoms with E-state index in [4.69, 9.17) is 10.8 Å². The molecule has 0 aromatic rings. The van der Waals surface area contributed by atoms with E-state index in [-0.39, 0.29) is 18.4 Å². The smallest absolute Gasteiger partial charge is 0.237 e. The van der Waals surface area contributed by atoms with Gasteiger partial charge in [-0.2, -0.15) is 0 Å². The third kappa shape index (κ3) is 4.85. The number of hydrogen-bond donors (Lipinski definition) is 3. The van der Waals surface area contributed by atoms with Gasteiger partial charge in [-0.25, -0.2) is 0 Å². The molecule has 0 heterocycles. The molecule has 3 atom stereocenters. The van der Waals surface area contributed by atoms with Crippen molar-refractivity contribution in [3.63, 3.8) is 0 Å². The monoisotopic (exact) mass is 188 g/mol. The van der Waals surface area contributed by atoms with Crippen molar-refractivity contribution >= 4 is 5.91 Å². The molecule has 0 aliphatic heterocycles. The maximum Gasteiger partial charge on any atom is 0.237 e. The van der Waals surface area contributed by atoms with Gasteiger partial charge in [0.15, 0.2) is 0 Å². The zero-order chi connectivity index (χ0) is 10.4. The van der Waals surface area contributed by atoms with Crippen molar-refractivity contribution in [3.05, 3.63) is 0 Å². The highest BCUT2D eigenvalue weighted by Crippen LogP contribution is 2.04. The second-order valence-electron chi connectivity index (χ2n) is 3.51. The molecule has 0 fully saturated rings. The van der Waals surface area contributed by atoms with Crippen molar-refractivity contribution in [2.45, 2.75) is 39.3 Å². The summed E-state index contributed by atoms with van der Waals surface area (Å²) in [6.45, 7) is 5.82. The van der Waals surface area contributed by atoms with Gasteiger partial charge in [0.1, 0.15) is 0 Å². The molecule has 78 valence electrons. The molecule has 0 saturated heterocycles. The Balaban J connectivity index is 3.82. The molecule has 1 amide bonds. The lowest BCUT2D eigenvalue weighted by Gasteiger charge is -2.18. The van der Waals surface area contributed by atoms with E-state index in [0.717, 1.165) is 6.42 Å². The molecule has 0 radical (unpaired) electrons. The molecule has 4 heteroatoms. The predicted molar refractivity (Wildman–Crippen MR) is 52.1 cm³/mol. The topological polar surface area (TPSA) is 75.4 Å². The largest absolute Gasteiger partial charge is 0.392 e. The van der Waals surface area contributed by atoms with Crippen molar-refractivity contribution in [1.29, 1.82) is 0 Å². The van der Waals surface area contributed by atoms with E-state index in [9.17, 15) is 4.79 Å². The van der Waals surface area contributed by atoms with E-state index in [1.807, 2.05) is 13.8 Å². The Morgan fingerprint density at radius 3 is 2.46 bits per heavy atom. The van der Waals surface area contributed by atoms with Crippen molar-refractivity contribution in [1.82, 2.24) is 5.32 Å². The molecule has 0 rings (SSSR count). The van der Waals surface area contributed by atoms with Crippen LogP contribution in [0.5, 0.6) is 0 Å². The Bertz CT molecular complexity index is 160. The maximum atomic E-state index is 11.3. The van der Waals surface area contributed by atoms with Crippen molar-refractivity contribution in [3.8, 4) is 0 Å². The van der Waals surface area contributed by atoms with Crippen LogP contribution in [0.4, 0.5) is 0 Å². The van der Waals surface area contributed by atoms with Gasteiger partial charge < -0.3 is 16.2 Å². The van der Waals surface area contributed by atoms with Gasteiger partial charge in [-0.3, -0.25) is 4.79 Å². The fourth-order valence-corrected chi connectivity index (χ4v) is 0.878. The molecule has 0 aliphatic carbocycles. The number of aliphatic hydroxyl groups is 1. The lowest BCUT2D eigenvalue weighted by atomic mass is 9.99. The number of nitrogens with two attached hydrogens (primary N) is 1. The van der Waals surface area contributed by atoms with Crippen LogP contribution in [0.25, 0.3) is 0 Å². The van der Waals surface area contributed by atoms with Gasteiger partial charge in [0, 0.05) is 6.54 Å². The van der Waals surface area contributed by atoms with Crippen LogP contribution in [0.15, 0.2) is 0 Å². The van der Waals surface area contributed by atoms with Crippen LogP contribution in [0, 0.1) is 5.92 Å². The summed E-state index contributed by atoms with van der Waals surface area (Å²) in [6, 6.07) is -0.469. The minimum atomic E-state index is -0.520. The standard InChI is InChI=1S/C9H20N2O2/c1-4-6(2)8(10)9(13)11-5-7(3)12/h6-8,12H,4-5,10H2,1-3H3,(H,11,13)/t6?,7-,8+/m1/s1. The van der Waals surface area contributed by atoms with Gasteiger partial charge in [0.2, 0.25) is 5.91 Å². The second-order valence-corrected chi connectivity index (χ2v) is 3.51. The summed E-state index contributed by atoms with van der Waals surface area (Å²) in [4.78, 5) is 11.3. The average molecular weight is 188 g/mol. The molecule has 0 bridgehead atoms. The Labute approximate surface area is 79.5 Å². The number of aliphatic hydroxyl groups excluding tert-OH is 1. The summed E-state index contributed by atoms with van der Waals surface area (Å²) in [6.07, 6.45) is 0.358. The summed E-state index contributed by atoms with van der Waals surface area (Å²) >= 11 is 0. The van der Waals surface area contributed by atoms with Gasteiger partial charge in [0.05, 0.1) is 12.1 Å². The van der Waals surface area contributed by atoms with Gasteiger partial charge in [-0.1, -0.05) is 20.3 Å². The molecule has 0 saturated carbocycles. The highest BCUT2D eigenvalue weighted by molar-refractivity contribution is 5.81. The third-order valence-electron chi connectivity index (χ3n) is 2.13. The Morgan fingerprint density at radius 1 is 1.54 bits per heavy atom. The quantitative estimate of drug-likeness (QED) is 0.562. The van der Waals surface area contributed by atoms with Gasteiger partial charge in [0.25, 0.3) is 0 Å². The van der Waals surface area contributed by atoms with E-state index in [1.165, 1.54) is 0 Å². The number of carbonyl (C=O) groups is 1. The Kier molecular flexibility index (Phi) is 5.66. The Hall–Kier alpha value is -0.610. The van der Waals surface area contributed by atoms with Gasteiger partial charge >= 0.3 is 0 Å². The van der Waals surface area contributed by atoms with E-state index >= 15 is 0 Å². The lowest BCUT2D eigenvalue weighted by Crippen LogP contribution is -2.46. The molecule has 4 N–H and O–H groups in total. The highest BCUT2D eigenvalue weighted by Gasteiger charge is 2.18. The van der Waals surface area contributed by atoms with Crippen LogP contribution in [-0.4, -0.2) is 29.7 Å². The first-order chi connectivity index (χ1) is 5.99. The summed E-state index contributed by atoms with van der Waals surface area (Å²) in [5, 5.41) is 11.5. The Morgan fingerprint density at radius 2 is 2.08 bits per heavy atom. The molecular formula is C9H20N2O2. The molecular weight excluding hydrogens is 168 g/mol. The maximum absolute atomic E-state index is 11.3. The highest BCUT2D eigenvalue weighted by atomic mass is 16.3. The fraction of sp³-hybridized carbons (Fsp3) is 0.889. The summed E-state index contributed by atoms with van der Waals surface area (Å²) in [5.41, 5.74) is 5.66. The lowest BCUT2D eigenvalue weighted by molar-refractivity contribution is -0.123. The summed E-state index contributed by atoms with van der Waals surface area (Å²) < 4.78 is 0. The van der Waals surface area contributed by atoms with Crippen LogP contribution in [0.1, 0.15) is 27.2 Å². The molecule has 0 spiro atoms. The van der Waals surface area contributed by atoms with Crippen LogP contribution in [-0.2, 0) is 4.79 Å². The third-order valence-corrected chi connectivity index (χ3v) is 2.13. The van der Waals surface area contributed by atoms with Gasteiger partial charge in [-0.05, 0) is 12.8 Å². The zero-order valence-corrected chi connectivity index (χ0v) is 8.58. The van der Waals surface area contributed by atoms with Crippen molar-refractivity contribution < 1.29 is 9.90 Å². The minimum Gasteiger partial charge on any atom is -0.392 e. The van der Waals surface area contributed by atoms with Crippen LogP contribution < -0.4 is 11.1 Å². The van der Waals surface area contributed by atoms with Gasteiger partial charge in [-0.15, -0.1) is 0 Å². The van der Waals surface area contributed by atoms with E-state index in [1.54, 1.807) is 6.92 Å². The first-order valence-corrected chi connectivity index (χ1v) is 4.70. The summed E-state index contributed by atoms with van der Waals surface area (Å²) in [7, 11) is 0. The molecule has 0 aliphatic rings. The van der Waals surface area contributed by atoms with Crippen LogP contribution in [0.3, 0.4) is 0 Å². The van der Waals surface area contributed by atoms with E-state index in [0.29, 0.717) is 0 Å². The number of amides is 1. The number of nitrogens with one attached hydrogen (secondary N) is 1. The van der Waals surface area contributed by atoms with Crippen molar-refractivity contribution in [2.75, 3.05) is 6.54 Å². The van der Waals surface area contributed by atoms with Crippen LogP contribution in [0.2, 0.25) is 0 Å².